The van der Waals surface area contributed by atoms with E-state index in [-0.39, 0.29) is 5.02 Å². The third kappa shape index (κ3) is 4.84. The summed E-state index contributed by atoms with van der Waals surface area (Å²) in [4.78, 5) is 22.5. The lowest BCUT2D eigenvalue weighted by atomic mass is 10.2. The molecule has 1 rings (SSSR count). The zero-order valence-corrected chi connectivity index (χ0v) is 11.3. The van der Waals surface area contributed by atoms with E-state index < -0.39 is 23.8 Å². The number of hydrogen-bond acceptors (Lipinski definition) is 3. The largest absolute Gasteiger partial charge is 0.341 e. The van der Waals surface area contributed by atoms with Crippen molar-refractivity contribution in [1.29, 1.82) is 0 Å². The van der Waals surface area contributed by atoms with Crippen molar-refractivity contribution in [2.24, 2.45) is 0 Å². The molecule has 0 aliphatic rings. The Morgan fingerprint density at radius 1 is 1.42 bits per heavy atom. The summed E-state index contributed by atoms with van der Waals surface area (Å²) < 4.78 is 12.9. The summed E-state index contributed by atoms with van der Waals surface area (Å²) in [6, 6.07) is 3.17. The van der Waals surface area contributed by atoms with Crippen LogP contribution in [0, 0.1) is 5.82 Å². The van der Waals surface area contributed by atoms with Crippen LogP contribution in [0.25, 0.3) is 0 Å². The fraction of sp³-hybridized carbons (Fsp3) is 0.333. The van der Waals surface area contributed by atoms with Crippen LogP contribution in [-0.4, -0.2) is 25.0 Å². The predicted molar refractivity (Wildman–Crippen MR) is 70.3 cm³/mol. The maximum absolute atomic E-state index is 12.9. The quantitative estimate of drug-likeness (QED) is 0.784. The number of carbonyl (C=O) groups excluding carboxylic acids is 2. The summed E-state index contributed by atoms with van der Waals surface area (Å²) in [5.41, 5.74) is 0.742. The molecule has 1 aromatic rings. The molecule has 0 fully saturated rings. The molecule has 1 unspecified atom stereocenters. The van der Waals surface area contributed by atoms with Gasteiger partial charge in [0.1, 0.15) is 5.82 Å². The van der Waals surface area contributed by atoms with Crippen molar-refractivity contribution in [1.82, 2.24) is 16.0 Å². The second-order valence-electron chi connectivity index (χ2n) is 3.92. The number of halogens is 2. The zero-order chi connectivity index (χ0) is 14.4. The third-order valence-electron chi connectivity index (χ3n) is 2.45. The zero-order valence-electron chi connectivity index (χ0n) is 10.6. The molecule has 5 nitrogen and oxygen atoms in total. The molecule has 0 heterocycles. The van der Waals surface area contributed by atoms with Gasteiger partial charge in [0.15, 0.2) is 0 Å². The molecule has 19 heavy (non-hydrogen) atoms. The summed E-state index contributed by atoms with van der Waals surface area (Å²) in [6.45, 7) is 1.95. The number of rotatable bonds is 4. The maximum Gasteiger partial charge on any atom is 0.321 e. The molecule has 1 aromatic carbocycles. The molecule has 0 aliphatic heterocycles. The molecule has 0 radical (unpaired) electrons. The molecule has 0 aromatic heterocycles. The highest BCUT2D eigenvalue weighted by molar-refractivity contribution is 6.30. The Morgan fingerprint density at radius 3 is 2.68 bits per heavy atom. The average Bonchev–Trinajstić information content (AvgIpc) is 2.39. The number of hydrogen-bond donors (Lipinski definition) is 3. The van der Waals surface area contributed by atoms with Gasteiger partial charge in [-0.3, -0.25) is 10.1 Å². The number of benzene rings is 1. The van der Waals surface area contributed by atoms with Crippen LogP contribution in [0.2, 0.25) is 5.02 Å². The minimum atomic E-state index is -0.568. The van der Waals surface area contributed by atoms with Crippen LogP contribution in [0.5, 0.6) is 0 Å². The smallest absolute Gasteiger partial charge is 0.321 e. The van der Waals surface area contributed by atoms with Crippen molar-refractivity contribution in [3.8, 4) is 0 Å². The second kappa shape index (κ2) is 7.06. The normalized spacial score (nSPS) is 11.8. The van der Waals surface area contributed by atoms with Crippen LogP contribution in [0.15, 0.2) is 18.2 Å². The molecule has 0 aliphatic carbocycles. The summed E-state index contributed by atoms with van der Waals surface area (Å²) in [5, 5.41) is 7.36. The van der Waals surface area contributed by atoms with Crippen LogP contribution >= 0.6 is 11.6 Å². The summed E-state index contributed by atoms with van der Waals surface area (Å²) in [7, 11) is 1.42. The molecule has 0 saturated heterocycles. The lowest BCUT2D eigenvalue weighted by molar-refractivity contribution is -0.121. The van der Waals surface area contributed by atoms with Crippen LogP contribution in [0.1, 0.15) is 12.5 Å². The van der Waals surface area contributed by atoms with Gasteiger partial charge < -0.3 is 10.6 Å². The fourth-order valence-corrected chi connectivity index (χ4v) is 1.50. The topological polar surface area (TPSA) is 70.2 Å². The molecule has 0 saturated carbocycles. The van der Waals surface area contributed by atoms with Crippen LogP contribution in [0.4, 0.5) is 9.18 Å². The number of amides is 3. The first kappa shape index (κ1) is 15.4. The van der Waals surface area contributed by atoms with Crippen molar-refractivity contribution >= 4 is 23.5 Å². The molecular formula is C12H15ClFN3O2. The van der Waals surface area contributed by atoms with E-state index in [0.717, 1.165) is 5.56 Å². The van der Waals surface area contributed by atoms with Gasteiger partial charge in [0.05, 0.1) is 11.1 Å². The maximum atomic E-state index is 12.9. The Balaban J connectivity index is 2.49. The SMILES string of the molecule is CNC(=O)NC(=O)C(C)NCc1ccc(F)c(Cl)c1. The monoisotopic (exact) mass is 287 g/mol. The van der Waals surface area contributed by atoms with Crippen LogP contribution in [0.3, 0.4) is 0 Å². The summed E-state index contributed by atoms with van der Waals surface area (Å²) >= 11 is 5.64. The Kier molecular flexibility index (Phi) is 5.72. The first-order valence-electron chi connectivity index (χ1n) is 5.64. The summed E-state index contributed by atoms with van der Waals surface area (Å²) in [5.74, 6) is -0.941. The number of imide groups is 1. The Labute approximate surface area is 115 Å². The minimum Gasteiger partial charge on any atom is -0.341 e. The van der Waals surface area contributed by atoms with E-state index in [9.17, 15) is 14.0 Å². The van der Waals surface area contributed by atoms with E-state index in [0.29, 0.717) is 6.54 Å². The van der Waals surface area contributed by atoms with E-state index >= 15 is 0 Å². The molecule has 3 N–H and O–H groups in total. The molecular weight excluding hydrogens is 273 g/mol. The van der Waals surface area contributed by atoms with Gasteiger partial charge in [-0.05, 0) is 24.6 Å². The minimum absolute atomic E-state index is 0.0294. The van der Waals surface area contributed by atoms with E-state index in [2.05, 4.69) is 16.0 Å². The van der Waals surface area contributed by atoms with Crippen molar-refractivity contribution in [3.05, 3.63) is 34.6 Å². The van der Waals surface area contributed by atoms with E-state index in [1.807, 2.05) is 0 Å². The predicted octanol–water partition coefficient (Wildman–Crippen LogP) is 1.41. The Bertz CT molecular complexity index is 482. The van der Waals surface area contributed by atoms with Crippen LogP contribution in [-0.2, 0) is 11.3 Å². The Morgan fingerprint density at radius 2 is 2.11 bits per heavy atom. The van der Waals surface area contributed by atoms with Gasteiger partial charge in [-0.2, -0.15) is 0 Å². The molecule has 1 atom stereocenters. The van der Waals surface area contributed by atoms with Gasteiger partial charge in [-0.1, -0.05) is 17.7 Å². The van der Waals surface area contributed by atoms with Gasteiger partial charge in [-0.25, -0.2) is 9.18 Å². The van der Waals surface area contributed by atoms with Crippen molar-refractivity contribution in [3.63, 3.8) is 0 Å². The fourth-order valence-electron chi connectivity index (χ4n) is 1.30. The lowest BCUT2D eigenvalue weighted by Gasteiger charge is -2.13. The highest BCUT2D eigenvalue weighted by atomic mass is 35.5. The molecule has 0 bridgehead atoms. The molecule has 0 spiro atoms. The highest BCUT2D eigenvalue weighted by Gasteiger charge is 2.14. The van der Waals surface area contributed by atoms with Crippen molar-refractivity contribution < 1.29 is 14.0 Å². The van der Waals surface area contributed by atoms with Gasteiger partial charge in [0.2, 0.25) is 5.91 Å². The first-order chi connectivity index (χ1) is 8.93. The molecule has 104 valence electrons. The van der Waals surface area contributed by atoms with E-state index in [1.165, 1.54) is 19.2 Å². The van der Waals surface area contributed by atoms with Crippen LogP contribution < -0.4 is 16.0 Å². The third-order valence-corrected chi connectivity index (χ3v) is 2.74. The van der Waals surface area contributed by atoms with E-state index in [1.54, 1.807) is 13.0 Å². The van der Waals surface area contributed by atoms with Gasteiger partial charge in [0.25, 0.3) is 0 Å². The van der Waals surface area contributed by atoms with Gasteiger partial charge in [-0.15, -0.1) is 0 Å². The molecule has 7 heteroatoms. The van der Waals surface area contributed by atoms with Gasteiger partial charge in [0, 0.05) is 13.6 Å². The summed E-state index contributed by atoms with van der Waals surface area (Å²) in [6.07, 6.45) is 0. The van der Waals surface area contributed by atoms with E-state index in [4.69, 9.17) is 11.6 Å². The standard InChI is InChI=1S/C12H15ClFN3O2/c1-7(11(18)17-12(19)15-2)16-6-8-3-4-10(14)9(13)5-8/h3-5,7,16H,6H2,1-2H3,(H2,15,17,18,19). The number of urea groups is 1. The van der Waals surface area contributed by atoms with Gasteiger partial charge >= 0.3 is 6.03 Å². The average molecular weight is 288 g/mol. The van der Waals surface area contributed by atoms with Crippen molar-refractivity contribution in [2.45, 2.75) is 19.5 Å². The Hall–Kier alpha value is -1.66. The highest BCUT2D eigenvalue weighted by Crippen LogP contribution is 2.15. The second-order valence-corrected chi connectivity index (χ2v) is 4.33. The van der Waals surface area contributed by atoms with Crippen molar-refractivity contribution in [2.75, 3.05) is 7.05 Å². The number of carbonyl (C=O) groups is 2. The number of nitrogens with one attached hydrogen (secondary N) is 3. The lowest BCUT2D eigenvalue weighted by Crippen LogP contribution is -2.47. The first-order valence-corrected chi connectivity index (χ1v) is 6.01. The molecule has 3 amide bonds.